The van der Waals surface area contributed by atoms with Crippen LogP contribution in [0.2, 0.25) is 0 Å². The van der Waals surface area contributed by atoms with Crippen molar-refractivity contribution in [2.45, 2.75) is 51.4 Å². The minimum atomic E-state index is 0.0466. The number of piperidine rings is 1. The van der Waals surface area contributed by atoms with E-state index in [-0.39, 0.29) is 18.4 Å². The van der Waals surface area contributed by atoms with Crippen molar-refractivity contribution in [2.24, 2.45) is 11.8 Å². The largest absolute Gasteiger partial charge is 0.347 e. The van der Waals surface area contributed by atoms with Gasteiger partial charge in [-0.2, -0.15) is 0 Å². The van der Waals surface area contributed by atoms with Crippen molar-refractivity contribution in [2.75, 3.05) is 33.2 Å². The van der Waals surface area contributed by atoms with Crippen LogP contribution in [0.15, 0.2) is 0 Å². The van der Waals surface area contributed by atoms with E-state index in [1.807, 2.05) is 11.9 Å². The first-order valence-corrected chi connectivity index (χ1v) is 8.88. The lowest BCUT2D eigenvalue weighted by Gasteiger charge is -2.32. The van der Waals surface area contributed by atoms with Gasteiger partial charge < -0.3 is 15.5 Å². The first-order valence-electron chi connectivity index (χ1n) is 8.88. The molecule has 1 aliphatic carbocycles. The molecule has 2 fully saturated rings. The van der Waals surface area contributed by atoms with Gasteiger partial charge in [-0.3, -0.25) is 9.59 Å². The summed E-state index contributed by atoms with van der Waals surface area (Å²) in [6.07, 6.45) is 8.85. The number of hydrogen-bond acceptors (Lipinski definition) is 3. The molecule has 5 nitrogen and oxygen atoms in total. The fraction of sp³-hybridized carbons (Fsp3) is 0.882. The zero-order valence-corrected chi connectivity index (χ0v) is 13.9. The molecule has 5 heteroatoms. The van der Waals surface area contributed by atoms with E-state index in [1.54, 1.807) is 0 Å². The standard InChI is InChI=1S/C17H31N3O2/c1-18-12-15-7-9-20(10-8-15)17(22)13-19-16(21)11-14-5-3-2-4-6-14/h14-15,18H,2-13H2,1H3,(H,19,21). The predicted octanol–water partition coefficient (Wildman–Crippen LogP) is 1.53. The number of carbonyl (C=O) groups is 2. The third kappa shape index (κ3) is 5.59. The summed E-state index contributed by atoms with van der Waals surface area (Å²) in [6, 6.07) is 0. The summed E-state index contributed by atoms with van der Waals surface area (Å²) < 4.78 is 0. The van der Waals surface area contributed by atoms with Crippen LogP contribution in [-0.4, -0.2) is 49.9 Å². The lowest BCUT2D eigenvalue weighted by Crippen LogP contribution is -2.45. The maximum atomic E-state index is 12.2. The zero-order valence-electron chi connectivity index (χ0n) is 13.9. The topological polar surface area (TPSA) is 61.4 Å². The number of amides is 2. The van der Waals surface area contributed by atoms with Gasteiger partial charge in [0.2, 0.25) is 11.8 Å². The van der Waals surface area contributed by atoms with Crippen molar-refractivity contribution in [1.29, 1.82) is 0 Å². The van der Waals surface area contributed by atoms with E-state index in [0.29, 0.717) is 18.3 Å². The van der Waals surface area contributed by atoms with Crippen molar-refractivity contribution in [3.8, 4) is 0 Å². The van der Waals surface area contributed by atoms with E-state index >= 15 is 0 Å². The third-order valence-corrected chi connectivity index (χ3v) is 5.10. The van der Waals surface area contributed by atoms with Gasteiger partial charge in [-0.05, 0) is 51.1 Å². The Morgan fingerprint density at radius 3 is 2.32 bits per heavy atom. The molecule has 2 N–H and O–H groups in total. The molecule has 0 bridgehead atoms. The highest BCUT2D eigenvalue weighted by atomic mass is 16.2. The maximum Gasteiger partial charge on any atom is 0.241 e. The van der Waals surface area contributed by atoms with Crippen molar-refractivity contribution in [3.63, 3.8) is 0 Å². The lowest BCUT2D eigenvalue weighted by atomic mass is 9.87. The Labute approximate surface area is 134 Å². The molecule has 126 valence electrons. The minimum Gasteiger partial charge on any atom is -0.347 e. The quantitative estimate of drug-likeness (QED) is 0.782. The van der Waals surface area contributed by atoms with Gasteiger partial charge >= 0.3 is 0 Å². The van der Waals surface area contributed by atoms with Gasteiger partial charge in [-0.25, -0.2) is 0 Å². The summed E-state index contributed by atoms with van der Waals surface area (Å²) >= 11 is 0. The molecule has 0 radical (unpaired) electrons. The summed E-state index contributed by atoms with van der Waals surface area (Å²) in [4.78, 5) is 26.0. The summed E-state index contributed by atoms with van der Waals surface area (Å²) in [5.41, 5.74) is 0. The SMILES string of the molecule is CNCC1CCN(C(=O)CNC(=O)CC2CCCCC2)CC1. The number of carbonyl (C=O) groups excluding carboxylic acids is 2. The van der Waals surface area contributed by atoms with E-state index in [2.05, 4.69) is 10.6 Å². The Hall–Kier alpha value is -1.10. The van der Waals surface area contributed by atoms with Crippen molar-refractivity contribution in [1.82, 2.24) is 15.5 Å². The molecular weight excluding hydrogens is 278 g/mol. The highest BCUT2D eigenvalue weighted by molar-refractivity contribution is 5.84. The molecule has 1 saturated carbocycles. The molecule has 1 saturated heterocycles. The van der Waals surface area contributed by atoms with Crippen LogP contribution in [0.5, 0.6) is 0 Å². The van der Waals surface area contributed by atoms with Gasteiger partial charge in [-0.15, -0.1) is 0 Å². The fourth-order valence-electron chi connectivity index (χ4n) is 3.69. The highest BCUT2D eigenvalue weighted by Crippen LogP contribution is 2.26. The summed E-state index contributed by atoms with van der Waals surface area (Å²) in [7, 11) is 1.97. The van der Waals surface area contributed by atoms with Crippen molar-refractivity contribution < 1.29 is 9.59 Å². The predicted molar refractivity (Wildman–Crippen MR) is 87.4 cm³/mol. The van der Waals surface area contributed by atoms with E-state index in [9.17, 15) is 9.59 Å². The molecule has 2 amide bonds. The average Bonchev–Trinajstić information content (AvgIpc) is 2.54. The molecule has 1 aliphatic heterocycles. The molecule has 0 aromatic rings. The lowest BCUT2D eigenvalue weighted by molar-refractivity contribution is -0.134. The second-order valence-corrected chi connectivity index (χ2v) is 6.87. The molecule has 2 rings (SSSR count). The van der Waals surface area contributed by atoms with E-state index < -0.39 is 0 Å². The summed E-state index contributed by atoms with van der Waals surface area (Å²) in [6.45, 7) is 2.84. The van der Waals surface area contributed by atoms with Crippen LogP contribution in [0.4, 0.5) is 0 Å². The Bertz CT molecular complexity index is 359. The van der Waals surface area contributed by atoms with Crippen LogP contribution in [0, 0.1) is 11.8 Å². The number of nitrogens with zero attached hydrogens (tertiary/aromatic N) is 1. The molecule has 1 heterocycles. The normalized spacial score (nSPS) is 20.9. The minimum absolute atomic E-state index is 0.0466. The van der Waals surface area contributed by atoms with Crippen LogP contribution < -0.4 is 10.6 Å². The molecule has 0 unspecified atom stereocenters. The van der Waals surface area contributed by atoms with Gasteiger partial charge in [0.25, 0.3) is 0 Å². The van der Waals surface area contributed by atoms with Gasteiger partial charge in [-0.1, -0.05) is 19.3 Å². The van der Waals surface area contributed by atoms with Gasteiger partial charge in [0.15, 0.2) is 0 Å². The monoisotopic (exact) mass is 309 g/mol. The average molecular weight is 309 g/mol. The Kier molecular flexibility index (Phi) is 7.16. The first-order chi connectivity index (χ1) is 10.7. The molecule has 0 aromatic carbocycles. The molecule has 0 spiro atoms. The summed E-state index contributed by atoms with van der Waals surface area (Å²) in [5, 5.41) is 6.02. The van der Waals surface area contributed by atoms with E-state index in [4.69, 9.17) is 0 Å². The van der Waals surface area contributed by atoms with Crippen molar-refractivity contribution >= 4 is 11.8 Å². The third-order valence-electron chi connectivity index (χ3n) is 5.10. The molecule has 2 aliphatic rings. The number of hydrogen-bond donors (Lipinski definition) is 2. The summed E-state index contributed by atoms with van der Waals surface area (Å²) in [5.74, 6) is 1.32. The van der Waals surface area contributed by atoms with Gasteiger partial charge in [0.1, 0.15) is 0 Å². The van der Waals surface area contributed by atoms with Gasteiger partial charge in [0, 0.05) is 19.5 Å². The first kappa shape index (κ1) is 17.3. The van der Waals surface area contributed by atoms with E-state index in [1.165, 1.54) is 32.1 Å². The number of nitrogens with one attached hydrogen (secondary N) is 2. The van der Waals surface area contributed by atoms with Crippen LogP contribution in [0.3, 0.4) is 0 Å². The van der Waals surface area contributed by atoms with Crippen molar-refractivity contribution in [3.05, 3.63) is 0 Å². The maximum absolute atomic E-state index is 12.2. The highest BCUT2D eigenvalue weighted by Gasteiger charge is 2.23. The van der Waals surface area contributed by atoms with Crippen LogP contribution >= 0.6 is 0 Å². The molecule has 22 heavy (non-hydrogen) atoms. The second-order valence-electron chi connectivity index (χ2n) is 6.87. The number of likely N-dealkylation sites (tertiary alicyclic amines) is 1. The number of rotatable bonds is 6. The van der Waals surface area contributed by atoms with E-state index in [0.717, 1.165) is 32.5 Å². The molecule has 0 aromatic heterocycles. The smallest absolute Gasteiger partial charge is 0.241 e. The van der Waals surface area contributed by atoms with Gasteiger partial charge in [0.05, 0.1) is 6.54 Å². The Morgan fingerprint density at radius 1 is 1.00 bits per heavy atom. The fourth-order valence-corrected chi connectivity index (χ4v) is 3.69. The molecule has 0 atom stereocenters. The Balaban J connectivity index is 1.61. The zero-order chi connectivity index (χ0) is 15.8. The Morgan fingerprint density at radius 2 is 1.68 bits per heavy atom. The molecular formula is C17H31N3O2. The van der Waals surface area contributed by atoms with Crippen LogP contribution in [0.1, 0.15) is 51.4 Å². The second kappa shape index (κ2) is 9.13. The van der Waals surface area contributed by atoms with Crippen LogP contribution in [0.25, 0.3) is 0 Å². The van der Waals surface area contributed by atoms with Crippen LogP contribution in [-0.2, 0) is 9.59 Å².